The number of carbonyl (C=O) groups excluding carboxylic acids is 1. The standard InChI is InChI=1S/C25H35N3O3S/c1-19-14-15-22(32(30,31)26-24-13-9-8-10-20(24)2)18-23(19)25(29)28(4)17-16-27(3)21-11-6-5-7-12-21/h8-10,13-15,18,21,26H,5-7,11-12,16-17H2,1-4H3. The normalized spacial score (nSPS) is 15.0. The monoisotopic (exact) mass is 457 g/mol. The third-order valence-electron chi connectivity index (χ3n) is 6.47. The van der Waals surface area contributed by atoms with Crippen LogP contribution in [0.15, 0.2) is 47.4 Å². The Kier molecular flexibility index (Phi) is 7.96. The maximum Gasteiger partial charge on any atom is 0.261 e. The van der Waals surface area contributed by atoms with E-state index in [1.165, 1.54) is 38.2 Å². The van der Waals surface area contributed by atoms with Crippen LogP contribution < -0.4 is 4.72 Å². The summed E-state index contributed by atoms with van der Waals surface area (Å²) in [7, 11) is 0.106. The second kappa shape index (κ2) is 10.5. The molecule has 7 heteroatoms. The van der Waals surface area contributed by atoms with Crippen LogP contribution in [0.3, 0.4) is 0 Å². The number of rotatable bonds is 8. The molecule has 2 aromatic carbocycles. The molecule has 0 aromatic heterocycles. The van der Waals surface area contributed by atoms with Gasteiger partial charge in [0.1, 0.15) is 0 Å². The zero-order valence-electron chi connectivity index (χ0n) is 19.6. The van der Waals surface area contributed by atoms with Gasteiger partial charge < -0.3 is 9.80 Å². The third kappa shape index (κ3) is 5.90. The van der Waals surface area contributed by atoms with Crippen LogP contribution in [-0.4, -0.2) is 57.4 Å². The minimum Gasteiger partial charge on any atom is -0.340 e. The number of sulfonamides is 1. The molecule has 1 amide bonds. The van der Waals surface area contributed by atoms with Crippen molar-refractivity contribution in [3.63, 3.8) is 0 Å². The highest BCUT2D eigenvalue weighted by Gasteiger charge is 2.22. The van der Waals surface area contributed by atoms with Crippen LogP contribution in [0.4, 0.5) is 5.69 Å². The van der Waals surface area contributed by atoms with E-state index in [2.05, 4.69) is 16.7 Å². The molecule has 1 aliphatic carbocycles. The highest BCUT2D eigenvalue weighted by atomic mass is 32.2. The smallest absolute Gasteiger partial charge is 0.261 e. The van der Waals surface area contributed by atoms with E-state index in [0.717, 1.165) is 17.7 Å². The summed E-state index contributed by atoms with van der Waals surface area (Å²) in [6.45, 7) is 5.09. The van der Waals surface area contributed by atoms with E-state index in [9.17, 15) is 13.2 Å². The van der Waals surface area contributed by atoms with Gasteiger partial charge in [0.25, 0.3) is 15.9 Å². The first kappa shape index (κ1) is 24.3. The van der Waals surface area contributed by atoms with E-state index >= 15 is 0 Å². The van der Waals surface area contributed by atoms with Gasteiger partial charge in [0, 0.05) is 31.7 Å². The molecule has 0 saturated heterocycles. The van der Waals surface area contributed by atoms with Crippen molar-refractivity contribution in [2.45, 2.75) is 56.9 Å². The molecule has 6 nitrogen and oxygen atoms in total. The van der Waals surface area contributed by atoms with Gasteiger partial charge >= 0.3 is 0 Å². The fourth-order valence-electron chi connectivity index (χ4n) is 4.21. The Labute approximate surface area is 192 Å². The van der Waals surface area contributed by atoms with Gasteiger partial charge in [0.05, 0.1) is 10.6 Å². The van der Waals surface area contributed by atoms with Crippen LogP contribution in [0.25, 0.3) is 0 Å². The van der Waals surface area contributed by atoms with E-state index in [1.54, 1.807) is 36.2 Å². The summed E-state index contributed by atoms with van der Waals surface area (Å²) in [5, 5.41) is 0. The lowest BCUT2D eigenvalue weighted by Crippen LogP contribution is -2.40. The number of aryl methyl sites for hydroxylation is 2. The Morgan fingerprint density at radius 1 is 0.969 bits per heavy atom. The fourth-order valence-corrected chi connectivity index (χ4v) is 5.37. The summed E-state index contributed by atoms with van der Waals surface area (Å²) in [6, 6.07) is 12.5. The summed E-state index contributed by atoms with van der Waals surface area (Å²) in [5.41, 5.74) is 2.54. The molecule has 0 spiro atoms. The number of carbonyl (C=O) groups is 1. The number of nitrogens with one attached hydrogen (secondary N) is 1. The van der Waals surface area contributed by atoms with E-state index in [-0.39, 0.29) is 10.8 Å². The predicted molar refractivity (Wildman–Crippen MR) is 130 cm³/mol. The van der Waals surface area contributed by atoms with E-state index < -0.39 is 10.0 Å². The summed E-state index contributed by atoms with van der Waals surface area (Å²) in [4.78, 5) is 17.3. The maximum atomic E-state index is 13.1. The van der Waals surface area contributed by atoms with Crippen molar-refractivity contribution in [1.82, 2.24) is 9.80 Å². The number of nitrogens with zero attached hydrogens (tertiary/aromatic N) is 2. The summed E-state index contributed by atoms with van der Waals surface area (Å²) in [6.07, 6.45) is 6.32. The number of hydrogen-bond donors (Lipinski definition) is 1. The maximum absolute atomic E-state index is 13.1. The molecular weight excluding hydrogens is 422 g/mol. The average Bonchev–Trinajstić information content (AvgIpc) is 2.79. The Balaban J connectivity index is 1.71. The van der Waals surface area contributed by atoms with Crippen LogP contribution >= 0.6 is 0 Å². The highest BCUT2D eigenvalue weighted by Crippen LogP contribution is 2.23. The van der Waals surface area contributed by atoms with Gasteiger partial charge in [-0.3, -0.25) is 9.52 Å². The summed E-state index contributed by atoms with van der Waals surface area (Å²) < 4.78 is 28.5. The molecule has 3 rings (SSSR count). The number of amides is 1. The largest absolute Gasteiger partial charge is 0.340 e. The number of para-hydroxylation sites is 1. The van der Waals surface area contributed by atoms with Gasteiger partial charge in [0.15, 0.2) is 0 Å². The molecule has 32 heavy (non-hydrogen) atoms. The zero-order chi connectivity index (χ0) is 23.3. The quantitative estimate of drug-likeness (QED) is 0.636. The molecule has 0 heterocycles. The Bertz CT molecular complexity index is 1050. The average molecular weight is 458 g/mol. The predicted octanol–water partition coefficient (Wildman–Crippen LogP) is 4.44. The van der Waals surface area contributed by atoms with Crippen molar-refractivity contribution in [3.05, 3.63) is 59.2 Å². The molecule has 1 fully saturated rings. The van der Waals surface area contributed by atoms with Crippen LogP contribution in [0.5, 0.6) is 0 Å². The highest BCUT2D eigenvalue weighted by molar-refractivity contribution is 7.92. The van der Waals surface area contributed by atoms with Crippen molar-refractivity contribution in [1.29, 1.82) is 0 Å². The summed E-state index contributed by atoms with van der Waals surface area (Å²) >= 11 is 0. The minimum absolute atomic E-state index is 0.0856. The molecule has 1 aliphatic rings. The molecule has 0 bridgehead atoms. The second-order valence-electron chi connectivity index (χ2n) is 8.90. The minimum atomic E-state index is -3.80. The first-order chi connectivity index (χ1) is 15.2. The van der Waals surface area contributed by atoms with Crippen LogP contribution in [0, 0.1) is 13.8 Å². The Morgan fingerprint density at radius 2 is 1.66 bits per heavy atom. The van der Waals surface area contributed by atoms with E-state index in [1.807, 2.05) is 26.0 Å². The number of likely N-dealkylation sites (N-methyl/N-ethyl adjacent to an activating group) is 2. The van der Waals surface area contributed by atoms with Gasteiger partial charge in [-0.05, 0) is 63.1 Å². The third-order valence-corrected chi connectivity index (χ3v) is 7.84. The molecule has 0 aliphatic heterocycles. The first-order valence-electron chi connectivity index (χ1n) is 11.3. The molecule has 0 unspecified atom stereocenters. The number of anilines is 1. The van der Waals surface area contributed by atoms with Gasteiger partial charge in [0.2, 0.25) is 0 Å². The summed E-state index contributed by atoms with van der Waals surface area (Å²) in [5.74, 6) is -0.160. The van der Waals surface area contributed by atoms with Crippen LogP contribution in [-0.2, 0) is 10.0 Å². The van der Waals surface area contributed by atoms with Gasteiger partial charge in [-0.25, -0.2) is 8.42 Å². The fraction of sp³-hybridized carbons (Fsp3) is 0.480. The molecule has 1 saturated carbocycles. The number of benzene rings is 2. The van der Waals surface area contributed by atoms with Gasteiger partial charge in [-0.1, -0.05) is 43.5 Å². The van der Waals surface area contributed by atoms with E-state index in [0.29, 0.717) is 23.8 Å². The first-order valence-corrected chi connectivity index (χ1v) is 12.8. The molecular formula is C25H35N3O3S. The van der Waals surface area contributed by atoms with Gasteiger partial charge in [-0.15, -0.1) is 0 Å². The van der Waals surface area contributed by atoms with Crippen LogP contribution in [0.2, 0.25) is 0 Å². The Hall–Kier alpha value is -2.38. The zero-order valence-corrected chi connectivity index (χ0v) is 20.4. The lowest BCUT2D eigenvalue weighted by molar-refractivity contribution is 0.0766. The van der Waals surface area contributed by atoms with Gasteiger partial charge in [-0.2, -0.15) is 0 Å². The molecule has 0 radical (unpaired) electrons. The lowest BCUT2D eigenvalue weighted by atomic mass is 9.94. The molecule has 0 atom stereocenters. The number of hydrogen-bond acceptors (Lipinski definition) is 4. The van der Waals surface area contributed by atoms with Crippen molar-refractivity contribution in [2.24, 2.45) is 0 Å². The van der Waals surface area contributed by atoms with Crippen molar-refractivity contribution >= 4 is 21.6 Å². The van der Waals surface area contributed by atoms with Crippen molar-refractivity contribution in [3.8, 4) is 0 Å². The molecule has 174 valence electrons. The van der Waals surface area contributed by atoms with E-state index in [4.69, 9.17) is 0 Å². The molecule has 2 aromatic rings. The molecule has 1 N–H and O–H groups in total. The second-order valence-corrected chi connectivity index (χ2v) is 10.6. The van der Waals surface area contributed by atoms with Crippen molar-refractivity contribution in [2.75, 3.05) is 31.9 Å². The SMILES string of the molecule is Cc1ccccc1NS(=O)(=O)c1ccc(C)c(C(=O)N(C)CCN(C)C2CCCCC2)c1. The lowest BCUT2D eigenvalue weighted by Gasteiger charge is -2.32. The van der Waals surface area contributed by atoms with Crippen LogP contribution in [0.1, 0.15) is 53.6 Å². The topological polar surface area (TPSA) is 69.7 Å². The Morgan fingerprint density at radius 3 is 2.34 bits per heavy atom. The van der Waals surface area contributed by atoms with Crippen molar-refractivity contribution < 1.29 is 13.2 Å².